The number of alkyl halides is 4. The fourth-order valence-corrected chi connectivity index (χ4v) is 7.48. The van der Waals surface area contributed by atoms with Crippen LogP contribution in [0.4, 0.5) is 17.6 Å². The number of halogens is 4. The van der Waals surface area contributed by atoms with Crippen LogP contribution in [0, 0.1) is 41.4 Å². The van der Waals surface area contributed by atoms with Gasteiger partial charge < -0.3 is 11.0 Å². The molecule has 0 bridgehead atoms. The van der Waals surface area contributed by atoms with Crippen LogP contribution < -0.4 is 0 Å². The lowest BCUT2D eigenvalue weighted by Gasteiger charge is -2.44. The van der Waals surface area contributed by atoms with Crippen LogP contribution in [-0.2, 0) is 0 Å². The Hall–Kier alpha value is -0.360. The average molecular weight is 473 g/mol. The number of rotatable bonds is 3. The predicted octanol–water partition coefficient (Wildman–Crippen LogP) is 7.28. The topological polar surface area (TPSA) is 63.0 Å². The van der Waals surface area contributed by atoms with Gasteiger partial charge in [0.05, 0.1) is 0 Å². The Morgan fingerprint density at radius 1 is 0.500 bits per heavy atom. The zero-order valence-electron chi connectivity index (χ0n) is 19.1. The van der Waals surface area contributed by atoms with E-state index in [-0.39, 0.29) is 45.9 Å². The van der Waals surface area contributed by atoms with Crippen LogP contribution in [0.2, 0.25) is 0 Å². The number of hydrogen-bond acceptors (Lipinski definition) is 0. The molecule has 4 aliphatic carbocycles. The van der Waals surface area contributed by atoms with Crippen molar-refractivity contribution in [2.24, 2.45) is 41.4 Å². The molecule has 2 nitrogen and oxygen atoms in total. The van der Waals surface area contributed by atoms with Gasteiger partial charge in [-0.3, -0.25) is 0 Å². The van der Waals surface area contributed by atoms with Crippen molar-refractivity contribution in [2.45, 2.75) is 123 Å². The van der Waals surface area contributed by atoms with Gasteiger partial charge in [0.25, 0.3) is 0 Å². The van der Waals surface area contributed by atoms with Crippen molar-refractivity contribution >= 4 is 0 Å². The van der Waals surface area contributed by atoms with Crippen molar-refractivity contribution < 1.29 is 31.4 Å². The summed E-state index contributed by atoms with van der Waals surface area (Å²) in [6.07, 6.45) is 6.49. The Balaban J connectivity index is 0. The maximum atomic E-state index is 15.1. The quantitative estimate of drug-likeness (QED) is 0.388. The normalized spacial score (nSPS) is 47.3. The van der Waals surface area contributed by atoms with E-state index in [0.29, 0.717) is 18.3 Å². The lowest BCUT2D eigenvalue weighted by Crippen LogP contribution is -2.43. The molecule has 4 saturated carbocycles. The van der Waals surface area contributed by atoms with Crippen LogP contribution in [0.1, 0.15) is 101 Å². The molecule has 0 spiro atoms. The van der Waals surface area contributed by atoms with Gasteiger partial charge in [-0.05, 0) is 112 Å². The van der Waals surface area contributed by atoms with Crippen LogP contribution >= 0.6 is 0 Å². The second kappa shape index (κ2) is 12.9. The molecule has 4 rings (SSSR count). The van der Waals surface area contributed by atoms with Gasteiger partial charge in [-0.1, -0.05) is 27.2 Å². The van der Waals surface area contributed by atoms with Crippen molar-refractivity contribution in [1.82, 2.24) is 0 Å². The monoisotopic (exact) mass is 472 g/mol. The third-order valence-electron chi connectivity index (χ3n) is 9.43. The van der Waals surface area contributed by atoms with E-state index in [0.717, 1.165) is 30.6 Å². The van der Waals surface area contributed by atoms with Gasteiger partial charge >= 0.3 is 0 Å². The van der Waals surface area contributed by atoms with E-state index < -0.39 is 24.7 Å². The zero-order chi connectivity index (χ0) is 20.5. The summed E-state index contributed by atoms with van der Waals surface area (Å²) in [6, 6.07) is 0. The van der Waals surface area contributed by atoms with Crippen molar-refractivity contribution in [2.75, 3.05) is 0 Å². The summed E-state index contributed by atoms with van der Waals surface area (Å²) in [4.78, 5) is 0. The number of hydrogen-bond donors (Lipinski definition) is 0. The molecule has 5 atom stereocenters. The van der Waals surface area contributed by atoms with E-state index in [2.05, 4.69) is 6.92 Å². The Morgan fingerprint density at radius 3 is 1.34 bits per heavy atom. The van der Waals surface area contributed by atoms with Gasteiger partial charge in [-0.25, -0.2) is 17.6 Å². The smallest absolute Gasteiger partial charge is 0.162 e. The summed E-state index contributed by atoms with van der Waals surface area (Å²) < 4.78 is 56.1. The molecule has 0 saturated heterocycles. The Kier molecular flexibility index (Phi) is 12.0. The molecule has 0 amide bonds. The first-order chi connectivity index (χ1) is 13.9. The fraction of sp³-hybridized carbons (Fsp3) is 1.00. The van der Waals surface area contributed by atoms with E-state index in [1.165, 1.54) is 51.4 Å². The lowest BCUT2D eigenvalue weighted by molar-refractivity contribution is -0.0292. The molecule has 0 aromatic heterocycles. The Bertz CT molecular complexity index is 519. The molecule has 0 radical (unpaired) electrons. The first kappa shape index (κ1) is 29.7. The molecule has 0 heterocycles. The molecule has 4 aliphatic rings. The second-order valence-electron chi connectivity index (χ2n) is 11.2. The molecule has 6 heteroatoms. The molecule has 0 aromatic rings. The summed E-state index contributed by atoms with van der Waals surface area (Å²) in [5.41, 5.74) is 0. The van der Waals surface area contributed by atoms with Gasteiger partial charge in [0.15, 0.2) is 6.17 Å². The molecule has 4 N–H and O–H groups in total. The highest BCUT2D eigenvalue weighted by molar-refractivity contribution is 4.95. The minimum Gasteiger partial charge on any atom is -0.412 e. The molecule has 0 aromatic carbocycles. The van der Waals surface area contributed by atoms with Crippen molar-refractivity contribution in [3.05, 3.63) is 0 Å². The van der Waals surface area contributed by atoms with Crippen LogP contribution in [0.3, 0.4) is 0 Å². The average Bonchev–Trinajstić information content (AvgIpc) is 2.72. The maximum absolute atomic E-state index is 15.1. The molecule has 5 unspecified atom stereocenters. The van der Waals surface area contributed by atoms with Crippen molar-refractivity contribution in [1.29, 1.82) is 0 Å². The SMILES string of the molecule is C.CC1CCC(C2CCC(C3CCC(C4CC(F)C(F)C(F)C4)C(F)C3)CC2)CC1.O.O.[HH].[HH]. The molecule has 0 aliphatic heterocycles. The van der Waals surface area contributed by atoms with Crippen LogP contribution in [-0.4, -0.2) is 35.6 Å². The molecule has 196 valence electrons. The van der Waals surface area contributed by atoms with Crippen LogP contribution in [0.5, 0.6) is 0 Å². The Morgan fingerprint density at radius 2 is 0.875 bits per heavy atom. The van der Waals surface area contributed by atoms with Gasteiger partial charge in [-0.2, -0.15) is 0 Å². The lowest BCUT2D eigenvalue weighted by atomic mass is 9.63. The summed E-state index contributed by atoms with van der Waals surface area (Å²) in [5.74, 6) is 3.19. The third-order valence-corrected chi connectivity index (χ3v) is 9.43. The standard InChI is InChI=1S/C25H40F4.CH4.2H2O.2H2/c1-15-2-4-16(5-3-15)17-6-8-18(9-7-17)19-10-11-21(22(26)12-19)20-13-23(27)25(29)24(28)14-20;;;;;/h15-25H,2-14H2,1H3;1H4;2*1H2;2*1H. The van der Waals surface area contributed by atoms with Gasteiger partial charge in [0, 0.05) is 2.85 Å². The van der Waals surface area contributed by atoms with Gasteiger partial charge in [-0.15, -0.1) is 0 Å². The second-order valence-corrected chi connectivity index (χ2v) is 11.2. The minimum atomic E-state index is -2.01. The highest BCUT2D eigenvalue weighted by Gasteiger charge is 2.46. The first-order valence-corrected chi connectivity index (χ1v) is 12.5. The highest BCUT2D eigenvalue weighted by atomic mass is 19.2. The minimum absolute atomic E-state index is 0. The maximum Gasteiger partial charge on any atom is 0.162 e. The fourth-order valence-electron chi connectivity index (χ4n) is 7.48. The Labute approximate surface area is 195 Å². The first-order valence-electron chi connectivity index (χ1n) is 12.5. The molecule has 4 fully saturated rings. The predicted molar refractivity (Wildman–Crippen MR) is 128 cm³/mol. The van der Waals surface area contributed by atoms with E-state index in [9.17, 15) is 13.2 Å². The largest absolute Gasteiger partial charge is 0.412 e. The summed E-state index contributed by atoms with van der Waals surface area (Å²) in [6.45, 7) is 2.38. The summed E-state index contributed by atoms with van der Waals surface area (Å²) in [5, 5.41) is 0. The van der Waals surface area contributed by atoms with Crippen molar-refractivity contribution in [3.63, 3.8) is 0 Å². The summed E-state index contributed by atoms with van der Waals surface area (Å²) >= 11 is 0. The van der Waals surface area contributed by atoms with E-state index >= 15 is 4.39 Å². The van der Waals surface area contributed by atoms with Crippen molar-refractivity contribution in [3.8, 4) is 0 Å². The zero-order valence-corrected chi connectivity index (χ0v) is 19.1. The third kappa shape index (κ3) is 6.61. The summed E-state index contributed by atoms with van der Waals surface area (Å²) in [7, 11) is 0. The highest BCUT2D eigenvalue weighted by Crippen LogP contribution is 2.49. The molecular formula is C26H52F4O2. The molecule has 32 heavy (non-hydrogen) atoms. The van der Waals surface area contributed by atoms with Crippen LogP contribution in [0.25, 0.3) is 0 Å². The van der Waals surface area contributed by atoms with Gasteiger partial charge in [0.1, 0.15) is 18.5 Å². The van der Waals surface area contributed by atoms with E-state index in [1.807, 2.05) is 0 Å². The van der Waals surface area contributed by atoms with Gasteiger partial charge in [0.2, 0.25) is 0 Å². The van der Waals surface area contributed by atoms with E-state index in [4.69, 9.17) is 0 Å². The molecular weight excluding hydrogens is 420 g/mol. The van der Waals surface area contributed by atoms with E-state index in [1.54, 1.807) is 0 Å². The van der Waals surface area contributed by atoms with Crippen LogP contribution in [0.15, 0.2) is 0 Å².